The minimum absolute atomic E-state index is 0.0151. The molecule has 1 aromatic carbocycles. The molecule has 0 aromatic heterocycles. The Labute approximate surface area is 176 Å². The summed E-state index contributed by atoms with van der Waals surface area (Å²) in [6.45, 7) is 4.74. The Morgan fingerprint density at radius 3 is 2.20 bits per heavy atom. The molecule has 0 radical (unpaired) electrons. The maximum absolute atomic E-state index is 13.4. The molecule has 8 nitrogen and oxygen atoms in total. The molecule has 3 heterocycles. The van der Waals surface area contributed by atoms with Crippen molar-refractivity contribution >= 4 is 17.7 Å². The second-order valence-electron chi connectivity index (χ2n) is 8.49. The zero-order valence-corrected chi connectivity index (χ0v) is 17.6. The van der Waals surface area contributed by atoms with E-state index in [0.717, 1.165) is 31.7 Å². The first-order valence-electron chi connectivity index (χ1n) is 10.5. The molecule has 3 aliphatic rings. The van der Waals surface area contributed by atoms with Gasteiger partial charge in [0.25, 0.3) is 5.91 Å². The highest BCUT2D eigenvalue weighted by Gasteiger charge is 2.59. The first-order valence-corrected chi connectivity index (χ1v) is 10.5. The molecule has 1 aromatic rings. The van der Waals surface area contributed by atoms with E-state index in [-0.39, 0.29) is 30.2 Å². The second-order valence-corrected chi connectivity index (χ2v) is 8.49. The van der Waals surface area contributed by atoms with Crippen LogP contribution < -0.4 is 9.47 Å². The average Bonchev–Trinajstić information content (AvgIpc) is 3.46. The van der Waals surface area contributed by atoms with E-state index in [1.54, 1.807) is 48.1 Å². The van der Waals surface area contributed by atoms with Crippen LogP contribution in [0, 0.1) is 11.3 Å². The Kier molecular flexibility index (Phi) is 5.58. The van der Waals surface area contributed by atoms with Crippen LogP contribution in [0.25, 0.3) is 0 Å². The molecule has 3 amide bonds. The van der Waals surface area contributed by atoms with Gasteiger partial charge in [-0.2, -0.15) is 0 Å². The van der Waals surface area contributed by atoms with Gasteiger partial charge in [-0.3, -0.25) is 14.4 Å². The summed E-state index contributed by atoms with van der Waals surface area (Å²) in [5, 5.41) is 0. The average molecular weight is 415 g/mol. The van der Waals surface area contributed by atoms with Crippen LogP contribution in [0.1, 0.15) is 19.8 Å². The molecule has 0 N–H and O–H groups in total. The Balaban J connectivity index is 1.44. The highest BCUT2D eigenvalue weighted by atomic mass is 16.5. The molecule has 2 unspecified atom stereocenters. The van der Waals surface area contributed by atoms with Gasteiger partial charge < -0.3 is 24.2 Å². The lowest BCUT2D eigenvalue weighted by molar-refractivity contribution is -0.142. The van der Waals surface area contributed by atoms with Gasteiger partial charge in [-0.15, -0.1) is 0 Å². The van der Waals surface area contributed by atoms with Gasteiger partial charge in [-0.25, -0.2) is 0 Å². The summed E-state index contributed by atoms with van der Waals surface area (Å²) in [5.74, 6) is 1.23. The minimum Gasteiger partial charge on any atom is -0.497 e. The topological polar surface area (TPSA) is 79.4 Å². The third kappa shape index (κ3) is 3.70. The Bertz CT molecular complexity index is 821. The van der Waals surface area contributed by atoms with Crippen LogP contribution in [-0.2, 0) is 14.4 Å². The zero-order valence-electron chi connectivity index (χ0n) is 17.6. The molecule has 162 valence electrons. The van der Waals surface area contributed by atoms with Gasteiger partial charge in [-0.1, -0.05) is 0 Å². The monoisotopic (exact) mass is 415 g/mol. The van der Waals surface area contributed by atoms with Crippen molar-refractivity contribution in [2.45, 2.75) is 19.8 Å². The maximum atomic E-state index is 13.4. The van der Waals surface area contributed by atoms with Crippen molar-refractivity contribution in [1.82, 2.24) is 14.7 Å². The highest BCUT2D eigenvalue weighted by Crippen LogP contribution is 2.44. The highest BCUT2D eigenvalue weighted by molar-refractivity contribution is 5.88. The molecule has 2 atom stereocenters. The number of methoxy groups -OCH3 is 1. The van der Waals surface area contributed by atoms with Crippen LogP contribution in [0.15, 0.2) is 24.3 Å². The summed E-state index contributed by atoms with van der Waals surface area (Å²) in [4.78, 5) is 43.7. The van der Waals surface area contributed by atoms with Crippen molar-refractivity contribution in [1.29, 1.82) is 0 Å². The van der Waals surface area contributed by atoms with Crippen LogP contribution in [0.3, 0.4) is 0 Å². The van der Waals surface area contributed by atoms with E-state index in [4.69, 9.17) is 9.47 Å². The molecule has 8 heteroatoms. The smallest absolute Gasteiger partial charge is 0.260 e. The number of hydrogen-bond donors (Lipinski definition) is 0. The Morgan fingerprint density at radius 2 is 1.57 bits per heavy atom. The third-order valence-electron chi connectivity index (χ3n) is 6.65. The first kappa shape index (κ1) is 20.5. The van der Waals surface area contributed by atoms with Crippen LogP contribution in [0.4, 0.5) is 0 Å². The van der Waals surface area contributed by atoms with E-state index >= 15 is 0 Å². The molecule has 3 fully saturated rings. The standard InChI is InChI=1S/C22H29N3O5/c1-16(26)24-11-17-12-25(15-22(17,14-24)21(28)23-9-3-4-10-23)20(27)13-30-19-7-5-18(29-2)6-8-19/h5-8,17H,3-4,9-15H2,1-2H3. The molecule has 30 heavy (non-hydrogen) atoms. The van der Waals surface area contributed by atoms with Gasteiger partial charge in [0.05, 0.1) is 12.5 Å². The van der Waals surface area contributed by atoms with Crippen molar-refractivity contribution in [3.05, 3.63) is 24.3 Å². The number of nitrogens with zero attached hydrogens (tertiary/aromatic N) is 3. The number of rotatable bonds is 5. The number of fused-ring (bicyclic) bond motifs is 1. The summed E-state index contributed by atoms with van der Waals surface area (Å²) in [5.41, 5.74) is -0.689. The largest absolute Gasteiger partial charge is 0.497 e. The van der Waals surface area contributed by atoms with E-state index < -0.39 is 5.41 Å². The summed E-state index contributed by atoms with van der Waals surface area (Å²) in [6.07, 6.45) is 2.03. The van der Waals surface area contributed by atoms with Crippen LogP contribution in [0.5, 0.6) is 11.5 Å². The maximum Gasteiger partial charge on any atom is 0.260 e. The fourth-order valence-electron chi connectivity index (χ4n) is 4.94. The van der Waals surface area contributed by atoms with Crippen molar-refractivity contribution in [2.24, 2.45) is 11.3 Å². The Morgan fingerprint density at radius 1 is 0.967 bits per heavy atom. The molecule has 4 rings (SSSR count). The number of carbonyl (C=O) groups excluding carboxylic acids is 3. The van der Waals surface area contributed by atoms with Gasteiger partial charge in [0.2, 0.25) is 11.8 Å². The molecule has 3 saturated heterocycles. The predicted molar refractivity (Wildman–Crippen MR) is 109 cm³/mol. The third-order valence-corrected chi connectivity index (χ3v) is 6.65. The fourth-order valence-corrected chi connectivity index (χ4v) is 4.94. The van der Waals surface area contributed by atoms with E-state index in [1.807, 2.05) is 4.90 Å². The molecule has 0 saturated carbocycles. The molecule has 3 aliphatic heterocycles. The number of amides is 3. The number of likely N-dealkylation sites (tertiary alicyclic amines) is 3. The lowest BCUT2D eigenvalue weighted by Gasteiger charge is -2.32. The lowest BCUT2D eigenvalue weighted by Crippen LogP contribution is -2.49. The van der Waals surface area contributed by atoms with Crippen LogP contribution >= 0.6 is 0 Å². The van der Waals surface area contributed by atoms with E-state index in [2.05, 4.69) is 0 Å². The van der Waals surface area contributed by atoms with Crippen LogP contribution in [-0.4, -0.2) is 85.4 Å². The Hall–Kier alpha value is -2.77. The predicted octanol–water partition coefficient (Wildman–Crippen LogP) is 1.00. The summed E-state index contributed by atoms with van der Waals surface area (Å²) in [6, 6.07) is 7.07. The van der Waals surface area contributed by atoms with Crippen molar-refractivity contribution in [2.75, 3.05) is 53.0 Å². The van der Waals surface area contributed by atoms with Gasteiger partial charge in [0.15, 0.2) is 6.61 Å². The number of ether oxygens (including phenoxy) is 2. The van der Waals surface area contributed by atoms with E-state index in [9.17, 15) is 14.4 Å². The van der Waals surface area contributed by atoms with Gasteiger partial charge in [0, 0.05) is 52.1 Å². The number of hydrogen-bond acceptors (Lipinski definition) is 5. The molecule has 0 aliphatic carbocycles. The molecule has 0 spiro atoms. The number of carbonyl (C=O) groups is 3. The quantitative estimate of drug-likeness (QED) is 0.717. The minimum atomic E-state index is -0.689. The second kappa shape index (κ2) is 8.16. The van der Waals surface area contributed by atoms with Crippen molar-refractivity contribution < 1.29 is 23.9 Å². The number of benzene rings is 1. The summed E-state index contributed by atoms with van der Waals surface area (Å²) in [7, 11) is 1.59. The van der Waals surface area contributed by atoms with Crippen LogP contribution in [0.2, 0.25) is 0 Å². The first-order chi connectivity index (χ1) is 14.4. The van der Waals surface area contributed by atoms with Crippen molar-refractivity contribution in [3.63, 3.8) is 0 Å². The van der Waals surface area contributed by atoms with E-state index in [1.165, 1.54) is 0 Å². The molecular formula is C22H29N3O5. The normalized spacial score (nSPS) is 25.4. The summed E-state index contributed by atoms with van der Waals surface area (Å²) >= 11 is 0. The van der Waals surface area contributed by atoms with Gasteiger partial charge in [-0.05, 0) is 37.1 Å². The SMILES string of the molecule is COc1ccc(OCC(=O)N2CC3CN(C(C)=O)CC3(C(=O)N3CCCC3)C2)cc1. The fraction of sp³-hybridized carbons (Fsp3) is 0.591. The molecular weight excluding hydrogens is 386 g/mol. The summed E-state index contributed by atoms with van der Waals surface area (Å²) < 4.78 is 10.8. The van der Waals surface area contributed by atoms with Gasteiger partial charge >= 0.3 is 0 Å². The zero-order chi connectivity index (χ0) is 21.3. The van der Waals surface area contributed by atoms with Gasteiger partial charge in [0.1, 0.15) is 11.5 Å². The van der Waals surface area contributed by atoms with E-state index in [0.29, 0.717) is 31.9 Å². The lowest BCUT2D eigenvalue weighted by atomic mass is 9.79. The van der Waals surface area contributed by atoms with Crippen molar-refractivity contribution in [3.8, 4) is 11.5 Å². The molecule has 0 bridgehead atoms.